The zero-order valence-corrected chi connectivity index (χ0v) is 23.7. The van der Waals surface area contributed by atoms with Crippen LogP contribution in [0.3, 0.4) is 0 Å². The Bertz CT molecular complexity index is 1070. The summed E-state index contributed by atoms with van der Waals surface area (Å²) in [5, 5.41) is 2.14. The average molecular weight is 504 g/mol. The highest BCUT2D eigenvalue weighted by molar-refractivity contribution is 6.12. The predicted molar refractivity (Wildman–Crippen MR) is 159 cm³/mol. The van der Waals surface area contributed by atoms with Gasteiger partial charge in [-0.3, -0.25) is 9.59 Å². The number of hydrogen-bond acceptors (Lipinski definition) is 2. The van der Waals surface area contributed by atoms with Crippen molar-refractivity contribution in [1.82, 2.24) is 4.57 Å². The fourth-order valence-corrected chi connectivity index (χ4v) is 5.60. The van der Waals surface area contributed by atoms with Crippen LogP contribution in [-0.2, 0) is 6.54 Å². The topological polar surface area (TPSA) is 39.1 Å². The van der Waals surface area contributed by atoms with Crippen molar-refractivity contribution in [3.8, 4) is 0 Å². The number of carbonyl (C=O) groups excluding carboxylic acids is 2. The van der Waals surface area contributed by atoms with Crippen LogP contribution < -0.4 is 0 Å². The number of hydrogen-bond donors (Lipinski definition) is 0. The summed E-state index contributed by atoms with van der Waals surface area (Å²) < 4.78 is 2.38. The molecule has 1 heterocycles. The molecule has 0 unspecified atom stereocenters. The van der Waals surface area contributed by atoms with Gasteiger partial charge >= 0.3 is 0 Å². The summed E-state index contributed by atoms with van der Waals surface area (Å²) in [6.45, 7) is 6.47. The van der Waals surface area contributed by atoms with E-state index >= 15 is 0 Å². The molecule has 0 fully saturated rings. The van der Waals surface area contributed by atoms with E-state index in [4.69, 9.17) is 0 Å². The van der Waals surface area contributed by atoms with Crippen molar-refractivity contribution in [1.29, 1.82) is 0 Å². The van der Waals surface area contributed by atoms with E-state index in [-0.39, 0.29) is 11.6 Å². The Morgan fingerprint density at radius 2 is 0.892 bits per heavy atom. The normalized spacial score (nSPS) is 11.5. The van der Waals surface area contributed by atoms with E-state index in [9.17, 15) is 9.59 Å². The van der Waals surface area contributed by atoms with Gasteiger partial charge in [0.25, 0.3) is 0 Å². The van der Waals surface area contributed by atoms with E-state index in [2.05, 4.69) is 23.6 Å². The number of rotatable bonds is 19. The van der Waals surface area contributed by atoms with Crippen LogP contribution >= 0.6 is 0 Å². The van der Waals surface area contributed by atoms with Crippen molar-refractivity contribution in [2.45, 2.75) is 130 Å². The van der Waals surface area contributed by atoms with Gasteiger partial charge in [-0.05, 0) is 56.7 Å². The first-order valence-electron chi connectivity index (χ1n) is 15.1. The molecule has 0 aliphatic carbocycles. The van der Waals surface area contributed by atoms with Crippen molar-refractivity contribution in [2.75, 3.05) is 0 Å². The minimum Gasteiger partial charge on any atom is -0.340 e. The average Bonchev–Trinajstić information content (AvgIpc) is 3.20. The molecule has 3 rings (SSSR count). The van der Waals surface area contributed by atoms with Gasteiger partial charge in [0.1, 0.15) is 0 Å². The number of benzene rings is 2. The van der Waals surface area contributed by atoms with Crippen LogP contribution in [0.15, 0.2) is 36.4 Å². The van der Waals surface area contributed by atoms with E-state index in [0.29, 0.717) is 0 Å². The van der Waals surface area contributed by atoms with Gasteiger partial charge in [0.2, 0.25) is 0 Å². The maximum atomic E-state index is 12.0. The zero-order chi connectivity index (χ0) is 26.5. The molecule has 0 N–H and O–H groups in total. The highest BCUT2D eigenvalue weighted by atomic mass is 16.1. The molecule has 3 aromatic rings. The van der Waals surface area contributed by atoms with Crippen molar-refractivity contribution in [2.24, 2.45) is 0 Å². The third-order valence-electron chi connectivity index (χ3n) is 7.91. The number of fused-ring (bicyclic) bond motifs is 3. The fourth-order valence-electron chi connectivity index (χ4n) is 5.60. The summed E-state index contributed by atoms with van der Waals surface area (Å²) >= 11 is 0. The SMILES string of the molecule is CCCCCCCCCCCCCCCCCCn1c2ccc(C(C)=O)cc2c2cc(C(C)=O)ccc21. The van der Waals surface area contributed by atoms with Crippen molar-refractivity contribution < 1.29 is 9.59 Å². The second-order valence-corrected chi connectivity index (χ2v) is 11.0. The van der Waals surface area contributed by atoms with E-state index in [1.165, 1.54) is 96.3 Å². The highest BCUT2D eigenvalue weighted by Gasteiger charge is 2.14. The first kappa shape index (κ1) is 29.1. The molecule has 0 atom stereocenters. The summed E-state index contributed by atoms with van der Waals surface area (Å²) in [7, 11) is 0. The molecule has 0 saturated heterocycles. The maximum Gasteiger partial charge on any atom is 0.159 e. The third kappa shape index (κ3) is 8.83. The molecule has 202 valence electrons. The highest BCUT2D eigenvalue weighted by Crippen LogP contribution is 2.31. The molecule has 0 aliphatic heterocycles. The molecule has 0 bridgehead atoms. The van der Waals surface area contributed by atoms with Gasteiger partial charge in [0.15, 0.2) is 11.6 Å². The number of unbranched alkanes of at least 4 members (excludes halogenated alkanes) is 15. The molecule has 3 heteroatoms. The Labute approximate surface area is 225 Å². The van der Waals surface area contributed by atoms with Gasteiger partial charge in [-0.1, -0.05) is 103 Å². The van der Waals surface area contributed by atoms with Crippen LogP contribution in [0.4, 0.5) is 0 Å². The van der Waals surface area contributed by atoms with Crippen LogP contribution in [0.2, 0.25) is 0 Å². The van der Waals surface area contributed by atoms with E-state index in [0.717, 1.165) is 45.9 Å². The second-order valence-electron chi connectivity index (χ2n) is 11.0. The van der Waals surface area contributed by atoms with Gasteiger partial charge < -0.3 is 4.57 Å². The van der Waals surface area contributed by atoms with E-state index in [1.54, 1.807) is 13.8 Å². The van der Waals surface area contributed by atoms with Crippen molar-refractivity contribution >= 4 is 33.4 Å². The smallest absolute Gasteiger partial charge is 0.159 e. The number of nitrogens with zero attached hydrogens (tertiary/aromatic N) is 1. The molecule has 0 aliphatic rings. The summed E-state index contributed by atoms with van der Waals surface area (Å²) in [5.41, 5.74) is 3.76. The molecule has 3 nitrogen and oxygen atoms in total. The lowest BCUT2D eigenvalue weighted by molar-refractivity contribution is 0.100. The summed E-state index contributed by atoms with van der Waals surface area (Å²) in [5.74, 6) is 0.145. The molecule has 0 spiro atoms. The Hall–Kier alpha value is -2.42. The Kier molecular flexibility index (Phi) is 12.4. The second kappa shape index (κ2) is 15.7. The minimum atomic E-state index is 0.0725. The first-order valence-corrected chi connectivity index (χ1v) is 15.1. The standard InChI is InChI=1S/C34H49NO2/c1-4-5-6-7-8-9-10-11-12-13-14-15-16-17-18-19-24-35-33-22-20-29(27(2)36)25-31(33)32-26-30(28(3)37)21-23-34(32)35/h20-23,25-26H,4-19,24H2,1-3H3. The van der Waals surface area contributed by atoms with Crippen LogP contribution in [-0.4, -0.2) is 16.1 Å². The third-order valence-corrected chi connectivity index (χ3v) is 7.91. The molecular weight excluding hydrogens is 454 g/mol. The Morgan fingerprint density at radius 1 is 0.541 bits per heavy atom. The fraction of sp³-hybridized carbons (Fsp3) is 0.588. The summed E-state index contributed by atoms with van der Waals surface area (Å²) in [6, 6.07) is 12.0. The predicted octanol–water partition coefficient (Wildman–Crippen LogP) is 10.5. The lowest BCUT2D eigenvalue weighted by Crippen LogP contribution is -1.99. The zero-order valence-electron chi connectivity index (χ0n) is 23.7. The van der Waals surface area contributed by atoms with Crippen LogP contribution in [0.5, 0.6) is 0 Å². The maximum absolute atomic E-state index is 12.0. The quantitative estimate of drug-likeness (QED) is 0.120. The molecule has 0 radical (unpaired) electrons. The first-order chi connectivity index (χ1) is 18.0. The largest absolute Gasteiger partial charge is 0.340 e. The molecule has 1 aromatic heterocycles. The van der Waals surface area contributed by atoms with Crippen LogP contribution in [0.1, 0.15) is 144 Å². The van der Waals surface area contributed by atoms with Gasteiger partial charge in [0.05, 0.1) is 0 Å². The lowest BCUT2D eigenvalue weighted by atomic mass is 10.0. The number of ketones is 2. The van der Waals surface area contributed by atoms with Gasteiger partial charge in [0, 0.05) is 39.5 Å². The molecular formula is C34H49NO2. The lowest BCUT2D eigenvalue weighted by Gasteiger charge is -2.08. The van der Waals surface area contributed by atoms with Gasteiger partial charge in [-0.25, -0.2) is 0 Å². The summed E-state index contributed by atoms with van der Waals surface area (Å²) in [4.78, 5) is 24.0. The number of carbonyl (C=O) groups is 2. The number of aromatic nitrogens is 1. The van der Waals surface area contributed by atoms with Crippen LogP contribution in [0, 0.1) is 0 Å². The minimum absolute atomic E-state index is 0.0725. The Morgan fingerprint density at radius 3 is 1.24 bits per heavy atom. The van der Waals surface area contributed by atoms with E-state index < -0.39 is 0 Å². The molecule has 0 saturated carbocycles. The van der Waals surface area contributed by atoms with Gasteiger partial charge in [-0.2, -0.15) is 0 Å². The number of Topliss-reactive ketones (excluding diaryl/α,β-unsaturated/α-hetero) is 2. The van der Waals surface area contributed by atoms with Crippen LogP contribution in [0.25, 0.3) is 21.8 Å². The molecule has 2 aromatic carbocycles. The summed E-state index contributed by atoms with van der Waals surface area (Å²) in [6.07, 6.45) is 22.0. The van der Waals surface area contributed by atoms with E-state index in [1.807, 2.05) is 24.3 Å². The Balaban J connectivity index is 1.39. The molecule has 37 heavy (non-hydrogen) atoms. The number of aryl methyl sites for hydroxylation is 1. The monoisotopic (exact) mass is 503 g/mol. The van der Waals surface area contributed by atoms with Crippen molar-refractivity contribution in [3.05, 3.63) is 47.5 Å². The molecule has 0 amide bonds. The van der Waals surface area contributed by atoms with Gasteiger partial charge in [-0.15, -0.1) is 0 Å². The van der Waals surface area contributed by atoms with Crippen molar-refractivity contribution in [3.63, 3.8) is 0 Å².